The first-order valence-electron chi connectivity index (χ1n) is 5.74. The fourth-order valence-corrected chi connectivity index (χ4v) is 2.19. The summed E-state index contributed by atoms with van der Waals surface area (Å²) in [6.07, 6.45) is 6.44. The van der Waals surface area contributed by atoms with E-state index in [1.165, 1.54) is 0 Å². The first-order chi connectivity index (χ1) is 7.65. The maximum atomic E-state index is 9.13. The fraction of sp³-hybridized carbons (Fsp3) is 0.692. The summed E-state index contributed by atoms with van der Waals surface area (Å²) in [6, 6.07) is 0. The highest BCUT2D eigenvalue weighted by Crippen LogP contribution is 2.55. The van der Waals surface area contributed by atoms with Crippen LogP contribution < -0.4 is 0 Å². The van der Waals surface area contributed by atoms with E-state index in [0.29, 0.717) is 12.2 Å². The van der Waals surface area contributed by atoms with Gasteiger partial charge in [0, 0.05) is 4.75 Å². The Hall–Kier alpha value is -0.610. The molecule has 100 valence electrons. The zero-order valence-corrected chi connectivity index (χ0v) is 12.3. The van der Waals surface area contributed by atoms with E-state index in [-0.39, 0.29) is 17.5 Å². The van der Waals surface area contributed by atoms with Gasteiger partial charge in [0.15, 0.2) is 0 Å². The second-order valence-electron chi connectivity index (χ2n) is 5.62. The summed E-state index contributed by atoms with van der Waals surface area (Å²) in [6.45, 7) is 10.3. The predicted octanol–water partition coefficient (Wildman–Crippen LogP) is 2.96. The van der Waals surface area contributed by atoms with Gasteiger partial charge in [-0.05, 0) is 39.4 Å². The summed E-state index contributed by atoms with van der Waals surface area (Å²) in [4.78, 5) is 0. The number of ether oxygens (including phenoxy) is 1. The summed E-state index contributed by atoms with van der Waals surface area (Å²) < 4.78 is 11.6. The number of rotatable bonds is 3. The topological polar surface area (TPSA) is 38.7 Å². The van der Waals surface area contributed by atoms with Crippen LogP contribution in [-0.4, -0.2) is 35.1 Å². The van der Waals surface area contributed by atoms with E-state index >= 15 is 0 Å². The number of hydrogen-bond acceptors (Lipinski definition) is 3. The van der Waals surface area contributed by atoms with Crippen molar-refractivity contribution in [2.24, 2.45) is 0 Å². The molecule has 0 spiro atoms. The third-order valence-electron chi connectivity index (χ3n) is 3.03. The average molecular weight is 260 g/mol. The second-order valence-corrected chi connectivity index (χ2v) is 9.47. The maximum Gasteiger partial charge on any atom is 0.143 e. The van der Waals surface area contributed by atoms with Gasteiger partial charge in [-0.2, -0.15) is 0 Å². The van der Waals surface area contributed by atoms with Crippen LogP contribution in [0.2, 0.25) is 0 Å². The van der Waals surface area contributed by atoms with Crippen LogP contribution in [0.1, 0.15) is 27.2 Å². The molecule has 0 amide bonds. The Labute approximate surface area is 106 Å². The minimum absolute atomic E-state index is 0.0445. The number of aliphatic hydroxyl groups excluding tert-OH is 1. The molecule has 0 bridgehead atoms. The zero-order valence-electron chi connectivity index (χ0n) is 11.4. The molecule has 0 aromatic heterocycles. The largest absolute Gasteiger partial charge is 0.488 e. The Bertz CT molecular complexity index is 326. The van der Waals surface area contributed by atoms with Crippen LogP contribution in [-0.2, 0) is 8.92 Å². The lowest BCUT2D eigenvalue weighted by atomic mass is 10.2. The van der Waals surface area contributed by atoms with Crippen molar-refractivity contribution in [2.75, 3.05) is 19.1 Å². The molecule has 0 aromatic rings. The molecule has 0 aromatic carbocycles. The quantitative estimate of drug-likeness (QED) is 0.848. The smallest absolute Gasteiger partial charge is 0.143 e. The maximum absolute atomic E-state index is 9.13. The van der Waals surface area contributed by atoms with Crippen molar-refractivity contribution in [1.29, 1.82) is 0 Å². The van der Waals surface area contributed by atoms with Crippen molar-refractivity contribution in [3.63, 3.8) is 0 Å². The standard InChI is InChI=1S/C13H24O3S/c1-10-7-11(8-12(9-14)15-10)16-17(5,6)13(2,3)4/h8,12,14H,1,7,9H2,2-6H3/t12-/m0/s1. The molecule has 0 saturated heterocycles. The number of hydrogen-bond donors (Lipinski definition) is 1. The van der Waals surface area contributed by atoms with Crippen LogP contribution in [0.4, 0.5) is 0 Å². The van der Waals surface area contributed by atoms with Gasteiger partial charge in [0.1, 0.15) is 11.9 Å². The monoisotopic (exact) mass is 260 g/mol. The highest BCUT2D eigenvalue weighted by molar-refractivity contribution is 8.29. The van der Waals surface area contributed by atoms with E-state index in [9.17, 15) is 0 Å². The Morgan fingerprint density at radius 2 is 2.12 bits per heavy atom. The summed E-state index contributed by atoms with van der Waals surface area (Å²) in [5, 5.41) is 9.13. The van der Waals surface area contributed by atoms with Crippen LogP contribution in [0.15, 0.2) is 24.2 Å². The van der Waals surface area contributed by atoms with Crippen LogP contribution in [0.25, 0.3) is 0 Å². The molecule has 3 nitrogen and oxygen atoms in total. The van der Waals surface area contributed by atoms with Gasteiger partial charge in [0.2, 0.25) is 0 Å². The highest BCUT2D eigenvalue weighted by atomic mass is 32.3. The van der Waals surface area contributed by atoms with E-state index in [0.717, 1.165) is 5.76 Å². The Balaban J connectivity index is 2.81. The minimum atomic E-state index is -1.20. The van der Waals surface area contributed by atoms with Crippen molar-refractivity contribution in [3.05, 3.63) is 24.2 Å². The average Bonchev–Trinajstić information content (AvgIpc) is 2.14. The van der Waals surface area contributed by atoms with Crippen LogP contribution >= 0.6 is 10.3 Å². The van der Waals surface area contributed by atoms with Crippen molar-refractivity contribution >= 4 is 10.3 Å². The molecule has 1 rings (SSSR count). The molecule has 0 saturated carbocycles. The van der Waals surface area contributed by atoms with Crippen molar-refractivity contribution in [2.45, 2.75) is 38.0 Å². The van der Waals surface area contributed by atoms with E-state index in [1.54, 1.807) is 0 Å². The first-order valence-corrected chi connectivity index (χ1v) is 8.11. The molecule has 0 unspecified atom stereocenters. The third-order valence-corrected chi connectivity index (χ3v) is 6.61. The van der Waals surface area contributed by atoms with Gasteiger partial charge >= 0.3 is 0 Å². The van der Waals surface area contributed by atoms with Crippen molar-refractivity contribution < 1.29 is 14.0 Å². The van der Waals surface area contributed by atoms with Crippen LogP contribution in [0, 0.1) is 0 Å². The van der Waals surface area contributed by atoms with E-state index in [2.05, 4.69) is 39.9 Å². The van der Waals surface area contributed by atoms with Gasteiger partial charge in [-0.3, -0.25) is 0 Å². The first kappa shape index (κ1) is 14.5. The lowest BCUT2D eigenvalue weighted by Gasteiger charge is -2.45. The van der Waals surface area contributed by atoms with Gasteiger partial charge in [0.25, 0.3) is 0 Å². The van der Waals surface area contributed by atoms with Gasteiger partial charge in [-0.1, -0.05) is 16.9 Å². The molecular formula is C13H24O3S. The van der Waals surface area contributed by atoms with E-state index < -0.39 is 10.3 Å². The van der Waals surface area contributed by atoms with Crippen LogP contribution in [0.5, 0.6) is 0 Å². The van der Waals surface area contributed by atoms with Gasteiger partial charge in [-0.15, -0.1) is 0 Å². The molecule has 1 atom stereocenters. The zero-order chi connectivity index (χ0) is 13.3. The van der Waals surface area contributed by atoms with Crippen molar-refractivity contribution in [1.82, 2.24) is 0 Å². The summed E-state index contributed by atoms with van der Waals surface area (Å²) in [7, 11) is -1.20. The molecule has 17 heavy (non-hydrogen) atoms. The van der Waals surface area contributed by atoms with E-state index in [1.807, 2.05) is 6.08 Å². The van der Waals surface area contributed by atoms with Gasteiger partial charge in [0.05, 0.1) is 18.8 Å². The molecule has 0 fully saturated rings. The third kappa shape index (κ3) is 3.68. The molecule has 1 heterocycles. The van der Waals surface area contributed by atoms with Gasteiger partial charge < -0.3 is 14.0 Å². The van der Waals surface area contributed by atoms with Gasteiger partial charge in [-0.25, -0.2) is 0 Å². The fourth-order valence-electron chi connectivity index (χ4n) is 1.29. The molecule has 1 aliphatic heterocycles. The second kappa shape index (κ2) is 4.94. The Morgan fingerprint density at radius 3 is 2.59 bits per heavy atom. The SMILES string of the molecule is C=C1CC(OS(C)(C)C(C)(C)C)=C[C@@H](CO)O1. The summed E-state index contributed by atoms with van der Waals surface area (Å²) in [5.74, 6) is 1.53. The lowest BCUT2D eigenvalue weighted by molar-refractivity contribution is 0.0760. The Kier molecular flexibility index (Phi) is 4.20. The van der Waals surface area contributed by atoms with E-state index in [4.69, 9.17) is 14.0 Å². The lowest BCUT2D eigenvalue weighted by Crippen LogP contribution is -2.27. The summed E-state index contributed by atoms with van der Waals surface area (Å²) in [5.41, 5.74) is 0. The highest BCUT2D eigenvalue weighted by Gasteiger charge is 2.31. The molecular weight excluding hydrogens is 236 g/mol. The number of aliphatic hydroxyl groups is 1. The molecule has 1 N–H and O–H groups in total. The van der Waals surface area contributed by atoms with Crippen molar-refractivity contribution in [3.8, 4) is 0 Å². The molecule has 1 aliphatic rings. The molecule has 0 radical (unpaired) electrons. The summed E-state index contributed by atoms with van der Waals surface area (Å²) >= 11 is 0. The normalized spacial score (nSPS) is 22.8. The minimum Gasteiger partial charge on any atom is -0.488 e. The predicted molar refractivity (Wildman–Crippen MR) is 74.1 cm³/mol. The molecule has 4 heteroatoms. The molecule has 0 aliphatic carbocycles. The van der Waals surface area contributed by atoms with Crippen LogP contribution in [0.3, 0.4) is 0 Å². The Morgan fingerprint density at radius 1 is 1.53 bits per heavy atom.